The van der Waals surface area contributed by atoms with E-state index in [1.54, 1.807) is 13.3 Å². The summed E-state index contributed by atoms with van der Waals surface area (Å²) in [5, 5.41) is 12.0. The normalized spacial score (nSPS) is 30.5. The van der Waals surface area contributed by atoms with Crippen molar-refractivity contribution in [2.75, 3.05) is 20.2 Å². The second-order valence-corrected chi connectivity index (χ2v) is 6.64. The summed E-state index contributed by atoms with van der Waals surface area (Å²) in [6.07, 6.45) is 4.39. The Kier molecular flexibility index (Phi) is 3.58. The monoisotopic (exact) mass is 310 g/mol. The number of aliphatic hydroxyl groups excluding tert-OH is 1. The molecule has 1 N–H and O–H groups in total. The Morgan fingerprint density at radius 3 is 2.96 bits per heavy atom. The van der Waals surface area contributed by atoms with E-state index in [2.05, 4.69) is 22.5 Å². The van der Waals surface area contributed by atoms with Crippen LogP contribution in [-0.2, 0) is 0 Å². The Hall–Kier alpha value is -1.91. The SMILES string of the molecule is C=C[C@H]1C[N@]2C[C@H]1C[C@H]2[C@H](O)c1ccnc2ccc(OC)cc12. The molecule has 5 atom stereocenters. The summed E-state index contributed by atoms with van der Waals surface area (Å²) >= 11 is 0. The van der Waals surface area contributed by atoms with Crippen LogP contribution in [0.4, 0.5) is 0 Å². The highest BCUT2D eigenvalue weighted by Crippen LogP contribution is 2.43. The number of benzene rings is 1. The van der Waals surface area contributed by atoms with Gasteiger partial charge in [0, 0.05) is 30.7 Å². The first-order valence-corrected chi connectivity index (χ1v) is 8.18. The van der Waals surface area contributed by atoms with Crippen molar-refractivity contribution in [3.63, 3.8) is 0 Å². The van der Waals surface area contributed by atoms with Crippen LogP contribution in [0.2, 0.25) is 0 Å². The van der Waals surface area contributed by atoms with Crippen molar-refractivity contribution in [1.82, 2.24) is 9.88 Å². The second-order valence-electron chi connectivity index (χ2n) is 6.64. The van der Waals surface area contributed by atoms with E-state index in [4.69, 9.17) is 4.74 Å². The third-order valence-corrected chi connectivity index (χ3v) is 5.50. The highest BCUT2D eigenvalue weighted by Gasteiger charge is 2.45. The molecule has 1 aromatic carbocycles. The molecule has 0 aliphatic carbocycles. The van der Waals surface area contributed by atoms with Gasteiger partial charge in [-0.25, -0.2) is 0 Å². The highest BCUT2D eigenvalue weighted by atomic mass is 16.5. The largest absolute Gasteiger partial charge is 0.497 e. The minimum atomic E-state index is -0.497. The molecule has 2 aliphatic rings. The third kappa shape index (κ3) is 2.33. The van der Waals surface area contributed by atoms with E-state index in [-0.39, 0.29) is 6.04 Å². The van der Waals surface area contributed by atoms with Crippen LogP contribution in [0.3, 0.4) is 0 Å². The predicted molar refractivity (Wildman–Crippen MR) is 90.4 cm³/mol. The number of rotatable bonds is 4. The molecule has 2 saturated heterocycles. The fourth-order valence-corrected chi connectivity index (χ4v) is 4.24. The number of aromatic nitrogens is 1. The van der Waals surface area contributed by atoms with Crippen molar-refractivity contribution in [3.8, 4) is 5.75 Å². The molecule has 2 aliphatic heterocycles. The molecular formula is C19H22N2O2. The van der Waals surface area contributed by atoms with Gasteiger partial charge in [-0.2, -0.15) is 0 Å². The molecule has 0 saturated carbocycles. The van der Waals surface area contributed by atoms with Crippen molar-refractivity contribution in [1.29, 1.82) is 0 Å². The maximum absolute atomic E-state index is 11.0. The van der Waals surface area contributed by atoms with Crippen molar-refractivity contribution in [2.24, 2.45) is 11.8 Å². The first-order chi connectivity index (χ1) is 11.2. The van der Waals surface area contributed by atoms with Crippen molar-refractivity contribution >= 4 is 10.9 Å². The molecule has 0 unspecified atom stereocenters. The fourth-order valence-electron chi connectivity index (χ4n) is 4.24. The lowest BCUT2D eigenvalue weighted by Gasteiger charge is -2.32. The van der Waals surface area contributed by atoms with E-state index in [0.717, 1.165) is 41.7 Å². The summed E-state index contributed by atoms with van der Waals surface area (Å²) in [6.45, 7) is 6.03. The molecule has 120 valence electrons. The van der Waals surface area contributed by atoms with Gasteiger partial charge in [-0.1, -0.05) is 6.08 Å². The molecule has 1 aromatic heterocycles. The van der Waals surface area contributed by atoms with Crippen LogP contribution < -0.4 is 4.74 Å². The van der Waals surface area contributed by atoms with Crippen LogP contribution in [0, 0.1) is 11.8 Å². The third-order valence-electron chi connectivity index (χ3n) is 5.50. The first-order valence-electron chi connectivity index (χ1n) is 8.18. The van der Waals surface area contributed by atoms with Gasteiger partial charge in [-0.05, 0) is 48.1 Å². The van der Waals surface area contributed by atoms with Gasteiger partial charge in [0.05, 0.1) is 18.7 Å². The average molecular weight is 310 g/mol. The second kappa shape index (κ2) is 5.62. The number of nitrogens with zero attached hydrogens (tertiary/aromatic N) is 2. The number of aliphatic hydroxyl groups is 1. The smallest absolute Gasteiger partial charge is 0.119 e. The van der Waals surface area contributed by atoms with Crippen molar-refractivity contribution < 1.29 is 9.84 Å². The maximum atomic E-state index is 11.0. The molecular weight excluding hydrogens is 288 g/mol. The standard InChI is InChI=1S/C19H22N2O2/c1-3-12-10-21-11-13(12)8-18(21)19(22)15-6-7-20-17-5-4-14(23-2)9-16(15)17/h3-7,9,12-13,18-19,22H,1,8,10-11H2,2H3/t12-,13+,18-,19+/m0/s1. The van der Waals surface area contributed by atoms with Crippen LogP contribution in [0.25, 0.3) is 10.9 Å². The van der Waals surface area contributed by atoms with Crippen LogP contribution in [0.5, 0.6) is 5.75 Å². The number of pyridine rings is 1. The molecule has 0 radical (unpaired) electrons. The van der Waals surface area contributed by atoms with Gasteiger partial charge < -0.3 is 9.84 Å². The molecule has 4 nitrogen and oxygen atoms in total. The zero-order valence-electron chi connectivity index (χ0n) is 13.4. The zero-order chi connectivity index (χ0) is 16.0. The molecule has 4 heteroatoms. The topological polar surface area (TPSA) is 45.6 Å². The number of piperidine rings is 1. The van der Waals surface area contributed by atoms with E-state index in [0.29, 0.717) is 11.8 Å². The number of hydrogen-bond acceptors (Lipinski definition) is 4. The lowest BCUT2D eigenvalue weighted by Crippen LogP contribution is -2.37. The van der Waals surface area contributed by atoms with Crippen LogP contribution in [-0.4, -0.2) is 41.2 Å². The molecule has 2 bridgehead atoms. The maximum Gasteiger partial charge on any atom is 0.119 e. The van der Waals surface area contributed by atoms with Crippen LogP contribution >= 0.6 is 0 Å². The Morgan fingerprint density at radius 1 is 1.39 bits per heavy atom. The summed E-state index contributed by atoms with van der Waals surface area (Å²) in [6, 6.07) is 7.94. The van der Waals surface area contributed by atoms with Gasteiger partial charge in [-0.15, -0.1) is 6.58 Å². The summed E-state index contributed by atoms with van der Waals surface area (Å²) in [5.74, 6) is 2.00. The number of fused-ring (bicyclic) bond motifs is 3. The average Bonchev–Trinajstić information content (AvgIpc) is 3.20. The van der Waals surface area contributed by atoms with Crippen molar-refractivity contribution in [3.05, 3.63) is 48.7 Å². The summed E-state index contributed by atoms with van der Waals surface area (Å²) in [4.78, 5) is 6.82. The first kappa shape index (κ1) is 14.7. The number of hydrogen-bond donors (Lipinski definition) is 1. The molecule has 2 fully saturated rings. The molecule has 23 heavy (non-hydrogen) atoms. The van der Waals surface area contributed by atoms with E-state index < -0.39 is 6.10 Å². The number of ether oxygens (including phenoxy) is 1. The molecule has 4 rings (SSSR count). The van der Waals surface area contributed by atoms with Crippen LogP contribution in [0.1, 0.15) is 18.1 Å². The van der Waals surface area contributed by atoms with Gasteiger partial charge in [0.2, 0.25) is 0 Å². The minimum absolute atomic E-state index is 0.188. The number of methoxy groups -OCH3 is 1. The zero-order valence-corrected chi connectivity index (χ0v) is 13.4. The van der Waals surface area contributed by atoms with Gasteiger partial charge in [0.25, 0.3) is 0 Å². The fraction of sp³-hybridized carbons (Fsp3) is 0.421. The van der Waals surface area contributed by atoms with E-state index in [9.17, 15) is 5.11 Å². The van der Waals surface area contributed by atoms with Gasteiger partial charge in [-0.3, -0.25) is 9.88 Å². The Balaban J connectivity index is 1.68. The lowest BCUT2D eigenvalue weighted by molar-refractivity contribution is 0.0644. The highest BCUT2D eigenvalue weighted by molar-refractivity contribution is 5.83. The molecule has 2 aromatic rings. The summed E-state index contributed by atoms with van der Waals surface area (Å²) < 4.78 is 5.33. The van der Waals surface area contributed by atoms with Gasteiger partial charge in [0.15, 0.2) is 0 Å². The van der Waals surface area contributed by atoms with Crippen LogP contribution in [0.15, 0.2) is 43.1 Å². The molecule has 3 heterocycles. The Labute approximate surface area is 136 Å². The van der Waals surface area contributed by atoms with E-state index in [1.807, 2.05) is 24.3 Å². The summed E-state index contributed by atoms with van der Waals surface area (Å²) in [5.41, 5.74) is 1.84. The Morgan fingerprint density at radius 2 is 2.26 bits per heavy atom. The molecule has 0 amide bonds. The quantitative estimate of drug-likeness (QED) is 0.882. The predicted octanol–water partition coefficient (Wildman–Crippen LogP) is 2.78. The van der Waals surface area contributed by atoms with E-state index in [1.165, 1.54) is 0 Å². The van der Waals surface area contributed by atoms with Gasteiger partial charge >= 0.3 is 0 Å². The Bertz CT molecular complexity index is 745. The van der Waals surface area contributed by atoms with Crippen molar-refractivity contribution in [2.45, 2.75) is 18.6 Å². The molecule has 0 spiro atoms. The lowest BCUT2D eigenvalue weighted by atomic mass is 9.86. The minimum Gasteiger partial charge on any atom is -0.497 e. The van der Waals surface area contributed by atoms with Gasteiger partial charge in [0.1, 0.15) is 5.75 Å². The summed E-state index contributed by atoms with van der Waals surface area (Å²) in [7, 11) is 1.66. The van der Waals surface area contributed by atoms with E-state index >= 15 is 0 Å².